The Morgan fingerprint density at radius 2 is 1.68 bits per heavy atom. The Balaban J connectivity index is 0.979. The molecule has 4 aromatic heterocycles. The molecule has 4 aliphatic rings. The van der Waals surface area contributed by atoms with Crippen LogP contribution in [-0.2, 0) is 14.3 Å². The fourth-order valence-electron chi connectivity index (χ4n) is 9.69. The number of imidazole rings is 2. The highest BCUT2D eigenvalue weighted by molar-refractivity contribution is 7.12. The lowest BCUT2D eigenvalue weighted by Gasteiger charge is -2.30. The second-order valence-electron chi connectivity index (χ2n) is 19.3. The highest BCUT2D eigenvalue weighted by Gasteiger charge is 2.41. The lowest BCUT2D eigenvalue weighted by atomic mass is 10.0. The Hall–Kier alpha value is -6.42. The van der Waals surface area contributed by atoms with Gasteiger partial charge in [-0.3, -0.25) is 14.3 Å². The first kappa shape index (κ1) is 43.5. The fourth-order valence-corrected chi connectivity index (χ4v) is 10.9. The van der Waals surface area contributed by atoms with E-state index in [1.807, 2.05) is 65.0 Å². The first-order chi connectivity index (χ1) is 31.7. The predicted octanol–water partition coefficient (Wildman–Crippen LogP) is 10.6. The van der Waals surface area contributed by atoms with Gasteiger partial charge in [-0.05, 0) is 113 Å². The number of alkyl carbamates (subject to hydrolysis) is 1. The summed E-state index contributed by atoms with van der Waals surface area (Å²) in [6.45, 7) is 14.3. The second kappa shape index (κ2) is 16.8. The highest BCUT2D eigenvalue weighted by Crippen LogP contribution is 2.50. The number of H-pyrrole nitrogens is 2. The van der Waals surface area contributed by atoms with Gasteiger partial charge in [0.1, 0.15) is 34.9 Å². The van der Waals surface area contributed by atoms with Crippen molar-refractivity contribution in [1.82, 2.24) is 39.6 Å². The van der Waals surface area contributed by atoms with Gasteiger partial charge >= 0.3 is 12.2 Å². The summed E-state index contributed by atoms with van der Waals surface area (Å²) in [5, 5.41) is 3.60. The summed E-state index contributed by atoms with van der Waals surface area (Å²) in [4.78, 5) is 61.5. The molecule has 10 rings (SSSR count). The molecule has 14 nitrogen and oxygen atoms in total. The zero-order valence-corrected chi connectivity index (χ0v) is 38.8. The van der Waals surface area contributed by atoms with E-state index >= 15 is 4.39 Å². The van der Waals surface area contributed by atoms with Crippen LogP contribution in [0.1, 0.15) is 112 Å². The number of nitrogens with zero attached hydrogens (tertiary/aromatic N) is 5. The third-order valence-corrected chi connectivity index (χ3v) is 14.4. The lowest BCUT2D eigenvalue weighted by molar-refractivity contribution is -0.135. The molecule has 5 unspecified atom stereocenters. The van der Waals surface area contributed by atoms with E-state index in [2.05, 4.69) is 44.6 Å². The van der Waals surface area contributed by atoms with Crippen LogP contribution in [0.3, 0.4) is 0 Å². The molecule has 0 radical (unpaired) electrons. The third-order valence-electron chi connectivity index (χ3n) is 13.2. The molecule has 3 amide bonds. The van der Waals surface area contributed by atoms with Gasteiger partial charge in [-0.15, -0.1) is 17.9 Å². The summed E-state index contributed by atoms with van der Waals surface area (Å²) in [5.41, 5.74) is 4.16. The van der Waals surface area contributed by atoms with Gasteiger partial charge in [0.2, 0.25) is 12.1 Å². The molecule has 3 fully saturated rings. The van der Waals surface area contributed by atoms with Gasteiger partial charge in [-0.2, -0.15) is 0 Å². The molecule has 2 saturated heterocycles. The summed E-state index contributed by atoms with van der Waals surface area (Å²) in [7, 11) is 1.27. The molecule has 7 heterocycles. The van der Waals surface area contributed by atoms with Crippen LogP contribution in [0, 0.1) is 17.7 Å². The van der Waals surface area contributed by atoms with Crippen molar-refractivity contribution >= 4 is 40.3 Å². The number of fused-ring (bicyclic) bond motifs is 5. The van der Waals surface area contributed by atoms with Gasteiger partial charge in [-0.1, -0.05) is 26.0 Å². The second-order valence-corrected chi connectivity index (χ2v) is 20.4. The van der Waals surface area contributed by atoms with E-state index in [9.17, 15) is 14.4 Å². The van der Waals surface area contributed by atoms with Crippen molar-refractivity contribution in [2.75, 3.05) is 20.2 Å². The number of carbonyl (C=O) groups excluding carboxylic acids is 3. The number of benzene rings is 2. The Kier molecular flexibility index (Phi) is 11.1. The van der Waals surface area contributed by atoms with Crippen LogP contribution in [0.25, 0.3) is 44.7 Å². The first-order valence-electron chi connectivity index (χ1n) is 22.8. The average Bonchev–Trinajstić information content (AvgIpc) is 3.99. The Morgan fingerprint density at radius 1 is 0.955 bits per heavy atom. The van der Waals surface area contributed by atoms with E-state index in [0.29, 0.717) is 71.8 Å². The van der Waals surface area contributed by atoms with E-state index in [4.69, 9.17) is 24.2 Å². The molecule has 1 aliphatic carbocycles. The summed E-state index contributed by atoms with van der Waals surface area (Å²) in [5.74, 6) is 1.53. The molecule has 6 aromatic rings. The van der Waals surface area contributed by atoms with Crippen molar-refractivity contribution in [3.63, 3.8) is 0 Å². The van der Waals surface area contributed by atoms with Gasteiger partial charge in [0.25, 0.3) is 0 Å². The van der Waals surface area contributed by atoms with Gasteiger partial charge in [0, 0.05) is 34.5 Å². The van der Waals surface area contributed by atoms with Crippen molar-refractivity contribution in [2.45, 2.75) is 103 Å². The molecule has 5 atom stereocenters. The summed E-state index contributed by atoms with van der Waals surface area (Å²) in [6.07, 6.45) is 8.24. The minimum Gasteiger partial charge on any atom is -0.464 e. The summed E-state index contributed by atoms with van der Waals surface area (Å²) < 4.78 is 36.4. The number of hydrogen-bond acceptors (Lipinski definition) is 9. The maximum absolute atomic E-state index is 16.9. The molecule has 3 aliphatic heterocycles. The first-order valence-corrected chi connectivity index (χ1v) is 23.6. The summed E-state index contributed by atoms with van der Waals surface area (Å²) >= 11 is 1.74. The Bertz CT molecular complexity index is 2870. The fraction of sp³-hybridized carbons (Fsp3) is 0.420. The van der Waals surface area contributed by atoms with Crippen molar-refractivity contribution in [3.05, 3.63) is 101 Å². The number of aromatic amines is 2. The Labute approximate surface area is 386 Å². The number of carbonyl (C=O) groups is 3. The average molecular weight is 915 g/mol. The zero-order valence-electron chi connectivity index (χ0n) is 38.0. The summed E-state index contributed by atoms with van der Waals surface area (Å²) in [6, 6.07) is 14.5. The molecule has 0 spiro atoms. The minimum absolute atomic E-state index is 0.109. The van der Waals surface area contributed by atoms with E-state index in [1.165, 1.54) is 30.9 Å². The van der Waals surface area contributed by atoms with Gasteiger partial charge in [-0.25, -0.2) is 23.9 Å². The van der Waals surface area contributed by atoms with Crippen LogP contribution in [0.15, 0.2) is 73.6 Å². The molecule has 344 valence electrons. The maximum atomic E-state index is 16.9. The molecule has 16 heteroatoms. The number of nitrogens with one attached hydrogen (secondary N) is 3. The number of halogens is 1. The van der Waals surface area contributed by atoms with Gasteiger partial charge < -0.3 is 34.4 Å². The van der Waals surface area contributed by atoms with Crippen LogP contribution in [0.5, 0.6) is 5.75 Å². The molecule has 66 heavy (non-hydrogen) atoms. The van der Waals surface area contributed by atoms with Crippen LogP contribution in [-0.4, -0.2) is 84.2 Å². The molecule has 3 N–H and O–H groups in total. The number of thiophene rings is 1. The molecular weight excluding hydrogens is 860 g/mol. The number of hydrogen-bond donors (Lipinski definition) is 3. The van der Waals surface area contributed by atoms with E-state index in [-0.39, 0.29) is 35.9 Å². The smallest absolute Gasteiger partial charge is 0.410 e. The number of aromatic nitrogens is 5. The lowest BCUT2D eigenvalue weighted by Crippen LogP contribution is -2.51. The molecule has 1 saturated carbocycles. The van der Waals surface area contributed by atoms with Gasteiger partial charge in [0.05, 0.1) is 64.6 Å². The predicted molar refractivity (Wildman–Crippen MR) is 249 cm³/mol. The van der Waals surface area contributed by atoms with Gasteiger partial charge in [0.15, 0.2) is 0 Å². The highest BCUT2D eigenvalue weighted by atomic mass is 32.1. The van der Waals surface area contributed by atoms with Crippen molar-refractivity contribution in [1.29, 1.82) is 0 Å². The third kappa shape index (κ3) is 8.02. The number of amides is 3. The van der Waals surface area contributed by atoms with Crippen LogP contribution in [0.2, 0.25) is 0 Å². The Morgan fingerprint density at radius 3 is 2.38 bits per heavy atom. The van der Waals surface area contributed by atoms with Crippen LogP contribution < -0.4 is 10.1 Å². The van der Waals surface area contributed by atoms with Crippen LogP contribution in [0.4, 0.5) is 14.0 Å². The van der Waals surface area contributed by atoms with Crippen LogP contribution >= 0.6 is 11.3 Å². The normalized spacial score (nSPS) is 20.8. The quantitative estimate of drug-likeness (QED) is 0.115. The SMILES string of the molecule is C=CC1CC(c2ncc(-c3ccc4c(c3)cc3n4C(c4ccc(C5CC5)s4)Oc4cc(-c5cnc(C6CCCN6C(=O)C(NC(=O)OC)C(C)C)[nH]5)cc(F)c4-3)[nH]2)N(C(=O)OC(C)(C)C)C1. The van der Waals surface area contributed by atoms with E-state index in [1.54, 1.807) is 33.5 Å². The number of rotatable bonds is 10. The maximum Gasteiger partial charge on any atom is 0.410 e. The standard InChI is InChI=1S/C50H55FN8O6S/c1-8-27-18-38(58(25-27)49(62)65-50(4,5)6)45-53-23-33(54-45)29-13-14-35-31(19-29)21-37-42-32(51)20-30(22-39(42)64-47(59(35)37)41-16-15-40(66-41)28-11-12-28)34-24-52-44(55-34)36-10-9-17-57(36)46(60)43(26(2)3)56-48(61)63-7/h8,13-16,19-24,26-28,36,38,43,47H,1,9-12,17-18,25H2,2-7H3,(H,52,55)(H,53,54)(H,56,61). The molecule has 2 aromatic carbocycles. The zero-order chi connectivity index (χ0) is 46.2. The van der Waals surface area contributed by atoms with E-state index < -0.39 is 29.8 Å². The van der Waals surface area contributed by atoms with Crippen molar-refractivity contribution in [2.24, 2.45) is 11.8 Å². The van der Waals surface area contributed by atoms with Crippen molar-refractivity contribution < 1.29 is 33.0 Å². The largest absolute Gasteiger partial charge is 0.464 e. The molecule has 0 bridgehead atoms. The monoisotopic (exact) mass is 914 g/mol. The topological polar surface area (TPSA) is 160 Å². The minimum atomic E-state index is -0.761. The molecular formula is C50H55FN8O6S. The van der Waals surface area contributed by atoms with Crippen molar-refractivity contribution in [3.8, 4) is 39.5 Å². The number of methoxy groups -OCH3 is 1. The number of ether oxygens (including phenoxy) is 3. The number of likely N-dealkylation sites (tertiary alicyclic amines) is 2. The van der Waals surface area contributed by atoms with E-state index in [0.717, 1.165) is 33.5 Å².